The van der Waals surface area contributed by atoms with Crippen LogP contribution in [0.2, 0.25) is 0 Å². The molecule has 1 aromatic rings. The predicted octanol–water partition coefficient (Wildman–Crippen LogP) is 3.45. The van der Waals surface area contributed by atoms with Gasteiger partial charge in [-0.2, -0.15) is 0 Å². The standard InChI is InChI=1S/C14H25N3/c1-4-7-9-13-11-15-14(16-12-13)17(6-3)10-8-5-2/h11-12H,4-10H2,1-3H3. The van der Waals surface area contributed by atoms with E-state index in [1.807, 2.05) is 12.4 Å². The third-order valence-corrected chi connectivity index (χ3v) is 2.96. The zero-order valence-electron chi connectivity index (χ0n) is 11.4. The van der Waals surface area contributed by atoms with Gasteiger partial charge in [-0.05, 0) is 31.7 Å². The summed E-state index contributed by atoms with van der Waals surface area (Å²) in [6, 6.07) is 0. The van der Waals surface area contributed by atoms with Gasteiger partial charge in [-0.15, -0.1) is 0 Å². The Bertz CT molecular complexity index is 295. The van der Waals surface area contributed by atoms with E-state index in [-0.39, 0.29) is 0 Å². The van der Waals surface area contributed by atoms with Crippen LogP contribution in [0.25, 0.3) is 0 Å². The summed E-state index contributed by atoms with van der Waals surface area (Å²) in [4.78, 5) is 11.2. The molecular weight excluding hydrogens is 210 g/mol. The van der Waals surface area contributed by atoms with Gasteiger partial charge in [0, 0.05) is 25.5 Å². The summed E-state index contributed by atoms with van der Waals surface area (Å²) in [6.45, 7) is 8.61. The minimum absolute atomic E-state index is 0.876. The number of nitrogens with zero attached hydrogens (tertiary/aromatic N) is 3. The fourth-order valence-electron chi connectivity index (χ4n) is 1.77. The van der Waals surface area contributed by atoms with Gasteiger partial charge < -0.3 is 4.90 Å². The zero-order chi connectivity index (χ0) is 12.5. The Morgan fingerprint density at radius 3 is 2.18 bits per heavy atom. The monoisotopic (exact) mass is 235 g/mol. The quantitative estimate of drug-likeness (QED) is 0.691. The average molecular weight is 235 g/mol. The molecule has 0 fully saturated rings. The van der Waals surface area contributed by atoms with E-state index < -0.39 is 0 Å². The van der Waals surface area contributed by atoms with Crippen LogP contribution in [-0.4, -0.2) is 23.1 Å². The third-order valence-electron chi connectivity index (χ3n) is 2.96. The summed E-state index contributed by atoms with van der Waals surface area (Å²) < 4.78 is 0. The van der Waals surface area contributed by atoms with Gasteiger partial charge in [-0.3, -0.25) is 0 Å². The smallest absolute Gasteiger partial charge is 0.225 e. The minimum Gasteiger partial charge on any atom is -0.341 e. The van der Waals surface area contributed by atoms with Crippen molar-refractivity contribution >= 4 is 5.95 Å². The number of hydrogen-bond acceptors (Lipinski definition) is 3. The number of aromatic nitrogens is 2. The van der Waals surface area contributed by atoms with Crippen molar-refractivity contribution in [2.24, 2.45) is 0 Å². The summed E-state index contributed by atoms with van der Waals surface area (Å²) in [6.07, 6.45) is 9.91. The normalized spacial score (nSPS) is 10.5. The Balaban J connectivity index is 2.57. The molecule has 0 radical (unpaired) electrons. The van der Waals surface area contributed by atoms with Gasteiger partial charge in [0.05, 0.1) is 0 Å². The van der Waals surface area contributed by atoms with Crippen molar-refractivity contribution in [3.8, 4) is 0 Å². The van der Waals surface area contributed by atoms with Gasteiger partial charge in [0.25, 0.3) is 0 Å². The fourth-order valence-corrected chi connectivity index (χ4v) is 1.77. The Morgan fingerprint density at radius 2 is 1.65 bits per heavy atom. The van der Waals surface area contributed by atoms with Gasteiger partial charge in [0.2, 0.25) is 5.95 Å². The van der Waals surface area contributed by atoms with Crippen LogP contribution in [-0.2, 0) is 6.42 Å². The molecule has 0 bridgehead atoms. The number of unbranched alkanes of at least 4 members (excludes halogenated alkanes) is 2. The molecule has 0 unspecified atom stereocenters. The Hall–Kier alpha value is -1.12. The number of hydrogen-bond donors (Lipinski definition) is 0. The molecule has 1 heterocycles. The van der Waals surface area contributed by atoms with Crippen LogP contribution in [0, 0.1) is 0 Å². The van der Waals surface area contributed by atoms with E-state index in [1.54, 1.807) is 0 Å². The van der Waals surface area contributed by atoms with E-state index in [0.29, 0.717) is 0 Å². The van der Waals surface area contributed by atoms with E-state index in [2.05, 4.69) is 35.6 Å². The summed E-state index contributed by atoms with van der Waals surface area (Å²) >= 11 is 0. The lowest BCUT2D eigenvalue weighted by Crippen LogP contribution is -2.25. The number of anilines is 1. The molecule has 96 valence electrons. The van der Waals surface area contributed by atoms with Gasteiger partial charge in [0.15, 0.2) is 0 Å². The van der Waals surface area contributed by atoms with Gasteiger partial charge >= 0.3 is 0 Å². The molecule has 0 aliphatic carbocycles. The molecule has 0 N–H and O–H groups in total. The first-order valence-corrected chi connectivity index (χ1v) is 6.87. The van der Waals surface area contributed by atoms with E-state index in [9.17, 15) is 0 Å². The third kappa shape index (κ3) is 4.72. The van der Waals surface area contributed by atoms with Crippen molar-refractivity contribution < 1.29 is 0 Å². The van der Waals surface area contributed by atoms with Crippen LogP contribution >= 0.6 is 0 Å². The van der Waals surface area contributed by atoms with Crippen molar-refractivity contribution in [3.63, 3.8) is 0 Å². The summed E-state index contributed by atoms with van der Waals surface area (Å²) in [5.41, 5.74) is 1.25. The largest absolute Gasteiger partial charge is 0.341 e. The second-order valence-electron chi connectivity index (χ2n) is 4.43. The Labute approximate surface area is 105 Å². The van der Waals surface area contributed by atoms with Crippen LogP contribution < -0.4 is 4.90 Å². The maximum atomic E-state index is 4.47. The van der Waals surface area contributed by atoms with E-state index >= 15 is 0 Å². The van der Waals surface area contributed by atoms with Crippen molar-refractivity contribution in [2.75, 3.05) is 18.0 Å². The first kappa shape index (κ1) is 13.9. The maximum absolute atomic E-state index is 4.47. The molecule has 1 aromatic heterocycles. The molecule has 0 atom stereocenters. The summed E-state index contributed by atoms with van der Waals surface area (Å²) in [5.74, 6) is 0.876. The van der Waals surface area contributed by atoms with Crippen molar-refractivity contribution in [3.05, 3.63) is 18.0 Å². The molecule has 0 amide bonds. The van der Waals surface area contributed by atoms with Crippen molar-refractivity contribution in [1.29, 1.82) is 0 Å². The second kappa shape index (κ2) is 8.04. The van der Waals surface area contributed by atoms with Crippen molar-refractivity contribution in [1.82, 2.24) is 9.97 Å². The molecule has 3 nitrogen and oxygen atoms in total. The van der Waals surface area contributed by atoms with Gasteiger partial charge in [0.1, 0.15) is 0 Å². The van der Waals surface area contributed by atoms with Gasteiger partial charge in [-0.25, -0.2) is 9.97 Å². The Morgan fingerprint density at radius 1 is 1.00 bits per heavy atom. The first-order valence-electron chi connectivity index (χ1n) is 6.87. The van der Waals surface area contributed by atoms with E-state index in [4.69, 9.17) is 0 Å². The lowest BCUT2D eigenvalue weighted by molar-refractivity contribution is 0.711. The SMILES string of the molecule is CCCCc1cnc(N(CC)CCCC)nc1. The molecular formula is C14H25N3. The second-order valence-corrected chi connectivity index (χ2v) is 4.43. The molecule has 3 heteroatoms. The summed E-state index contributed by atoms with van der Waals surface area (Å²) in [5, 5.41) is 0. The highest BCUT2D eigenvalue weighted by Gasteiger charge is 2.06. The Kier molecular flexibility index (Phi) is 6.60. The van der Waals surface area contributed by atoms with Crippen LogP contribution in [0.3, 0.4) is 0 Å². The predicted molar refractivity (Wildman–Crippen MR) is 73.4 cm³/mol. The molecule has 0 spiro atoms. The van der Waals surface area contributed by atoms with E-state index in [0.717, 1.165) is 25.5 Å². The zero-order valence-corrected chi connectivity index (χ0v) is 11.4. The van der Waals surface area contributed by atoms with Crippen molar-refractivity contribution in [2.45, 2.75) is 52.9 Å². The van der Waals surface area contributed by atoms with Crippen LogP contribution in [0.1, 0.15) is 52.0 Å². The highest BCUT2D eigenvalue weighted by molar-refractivity contribution is 5.29. The lowest BCUT2D eigenvalue weighted by Gasteiger charge is -2.20. The lowest BCUT2D eigenvalue weighted by atomic mass is 10.2. The van der Waals surface area contributed by atoms with Crippen LogP contribution in [0.4, 0.5) is 5.95 Å². The van der Waals surface area contributed by atoms with Crippen LogP contribution in [0.15, 0.2) is 12.4 Å². The molecule has 0 aromatic carbocycles. The topological polar surface area (TPSA) is 29.0 Å². The molecule has 0 saturated heterocycles. The molecule has 17 heavy (non-hydrogen) atoms. The summed E-state index contributed by atoms with van der Waals surface area (Å²) in [7, 11) is 0. The molecule has 0 aliphatic heterocycles. The molecule has 0 aliphatic rings. The fraction of sp³-hybridized carbons (Fsp3) is 0.714. The maximum Gasteiger partial charge on any atom is 0.225 e. The van der Waals surface area contributed by atoms with E-state index in [1.165, 1.54) is 31.2 Å². The highest BCUT2D eigenvalue weighted by atomic mass is 15.2. The molecule has 1 rings (SSSR count). The number of rotatable bonds is 8. The van der Waals surface area contributed by atoms with Crippen LogP contribution in [0.5, 0.6) is 0 Å². The number of aryl methyl sites for hydroxylation is 1. The van der Waals surface area contributed by atoms with Gasteiger partial charge in [-0.1, -0.05) is 26.7 Å². The molecule has 0 saturated carbocycles. The first-order chi connectivity index (χ1) is 8.31. The highest BCUT2D eigenvalue weighted by Crippen LogP contribution is 2.09. The average Bonchev–Trinajstić information content (AvgIpc) is 2.38. The minimum atomic E-state index is 0.876.